The van der Waals surface area contributed by atoms with Gasteiger partial charge < -0.3 is 10.4 Å². The maximum Gasteiger partial charge on any atom is 0.210 e. The minimum Gasteiger partial charge on any atom is -0.361 e. The van der Waals surface area contributed by atoms with Gasteiger partial charge in [-0.3, -0.25) is 0 Å². The van der Waals surface area contributed by atoms with Crippen molar-refractivity contribution in [3.8, 4) is 11.4 Å². The highest BCUT2D eigenvalue weighted by atomic mass is 32.2. The fourth-order valence-electron chi connectivity index (χ4n) is 3.84. The van der Waals surface area contributed by atoms with Crippen molar-refractivity contribution < 1.29 is 0 Å². The molecule has 2 aromatic heterocycles. The Bertz CT molecular complexity index is 1320. The Morgan fingerprint density at radius 1 is 0.968 bits per heavy atom. The molecule has 2 heterocycles. The fourth-order valence-corrected chi connectivity index (χ4v) is 4.72. The van der Waals surface area contributed by atoms with Gasteiger partial charge in [0.2, 0.25) is 5.16 Å². The van der Waals surface area contributed by atoms with Crippen LogP contribution in [0.2, 0.25) is 0 Å². The number of para-hydroxylation sites is 1. The zero-order valence-electron chi connectivity index (χ0n) is 17.5. The average molecular weight is 428 g/mol. The first kappa shape index (κ1) is 19.7. The summed E-state index contributed by atoms with van der Waals surface area (Å²) in [5.74, 6) is 1.79. The molecule has 0 saturated heterocycles. The summed E-state index contributed by atoms with van der Waals surface area (Å²) in [6.45, 7) is 3.03. The summed E-state index contributed by atoms with van der Waals surface area (Å²) in [4.78, 5) is 3.36. The van der Waals surface area contributed by atoms with Crippen LogP contribution in [0.4, 0.5) is 0 Å². The number of benzene rings is 3. The highest BCUT2D eigenvalue weighted by molar-refractivity contribution is 7.99. The van der Waals surface area contributed by atoms with Crippen LogP contribution < -0.4 is 5.43 Å². The molecule has 0 unspecified atom stereocenters. The lowest BCUT2D eigenvalue weighted by Gasteiger charge is -2.12. The second-order valence-electron chi connectivity index (χ2n) is 7.57. The van der Waals surface area contributed by atoms with E-state index in [1.54, 1.807) is 11.8 Å². The van der Waals surface area contributed by atoms with E-state index in [0.717, 1.165) is 41.7 Å². The van der Waals surface area contributed by atoms with Crippen molar-refractivity contribution in [3.63, 3.8) is 0 Å². The molecule has 5 aromatic rings. The number of hydrogen-bond acceptors (Lipinski definition) is 4. The molecule has 6 heteroatoms. The molecule has 0 bridgehead atoms. The third-order valence-corrected chi connectivity index (χ3v) is 6.37. The number of fused-ring (bicyclic) bond motifs is 2. The molecule has 0 saturated carbocycles. The van der Waals surface area contributed by atoms with Crippen LogP contribution >= 0.6 is 11.8 Å². The standard InChI is InChI=1S/C25H25N5S/c1-2-14-27-30-24(20-12-11-18-7-3-4-8-19(18)16-20)28-29-25(30)31-15-13-21-17-26-23-10-6-5-9-22(21)23/h3-12,16-17,26-27H,2,13-15H2,1H3. The minimum atomic E-state index is 0.855. The Kier molecular flexibility index (Phi) is 5.63. The Balaban J connectivity index is 1.38. The molecule has 0 radical (unpaired) electrons. The lowest BCUT2D eigenvalue weighted by Crippen LogP contribution is -2.18. The first-order valence-electron chi connectivity index (χ1n) is 10.7. The van der Waals surface area contributed by atoms with Gasteiger partial charge in [-0.2, -0.15) is 0 Å². The van der Waals surface area contributed by atoms with Crippen LogP contribution in [0.25, 0.3) is 33.1 Å². The lowest BCUT2D eigenvalue weighted by molar-refractivity contribution is 0.742. The van der Waals surface area contributed by atoms with E-state index in [4.69, 9.17) is 0 Å². The van der Waals surface area contributed by atoms with Crippen LogP contribution in [-0.2, 0) is 6.42 Å². The van der Waals surface area contributed by atoms with Gasteiger partial charge in [-0.1, -0.05) is 73.3 Å². The molecule has 0 fully saturated rings. The molecule has 5 nitrogen and oxygen atoms in total. The quantitative estimate of drug-likeness (QED) is 0.304. The number of thioether (sulfide) groups is 1. The molecule has 0 amide bonds. The third-order valence-electron chi connectivity index (χ3n) is 5.44. The maximum absolute atomic E-state index is 4.54. The first-order valence-corrected chi connectivity index (χ1v) is 11.7. The van der Waals surface area contributed by atoms with Crippen LogP contribution in [0.3, 0.4) is 0 Å². The number of rotatable bonds is 8. The molecule has 31 heavy (non-hydrogen) atoms. The Morgan fingerprint density at radius 2 is 1.81 bits per heavy atom. The summed E-state index contributed by atoms with van der Waals surface area (Å²) >= 11 is 1.74. The number of nitrogens with zero attached hydrogens (tertiary/aromatic N) is 3. The molecule has 3 aromatic carbocycles. The van der Waals surface area contributed by atoms with E-state index >= 15 is 0 Å². The number of aromatic amines is 1. The van der Waals surface area contributed by atoms with E-state index in [1.807, 2.05) is 4.68 Å². The van der Waals surface area contributed by atoms with Gasteiger partial charge in [-0.05, 0) is 41.3 Å². The second-order valence-corrected chi connectivity index (χ2v) is 8.63. The summed E-state index contributed by atoms with van der Waals surface area (Å²) in [5.41, 5.74) is 7.09. The Morgan fingerprint density at radius 3 is 2.71 bits per heavy atom. The first-order chi connectivity index (χ1) is 15.3. The Labute approximate surface area is 185 Å². The van der Waals surface area contributed by atoms with Crippen molar-refractivity contribution in [2.45, 2.75) is 24.9 Å². The summed E-state index contributed by atoms with van der Waals surface area (Å²) in [6.07, 6.45) is 4.13. The largest absolute Gasteiger partial charge is 0.361 e. The van der Waals surface area contributed by atoms with Crippen molar-refractivity contribution in [3.05, 3.63) is 78.5 Å². The van der Waals surface area contributed by atoms with Crippen molar-refractivity contribution in [1.82, 2.24) is 19.9 Å². The lowest BCUT2D eigenvalue weighted by atomic mass is 10.1. The van der Waals surface area contributed by atoms with Gasteiger partial charge in [-0.25, -0.2) is 4.68 Å². The summed E-state index contributed by atoms with van der Waals surface area (Å²) in [7, 11) is 0. The van der Waals surface area contributed by atoms with E-state index in [1.165, 1.54) is 27.2 Å². The Hall–Kier alpha value is -3.25. The molecule has 0 aliphatic heterocycles. The van der Waals surface area contributed by atoms with Crippen LogP contribution in [0.15, 0.2) is 78.1 Å². The zero-order chi connectivity index (χ0) is 21.0. The molecule has 0 spiro atoms. The van der Waals surface area contributed by atoms with Gasteiger partial charge in [0.15, 0.2) is 5.82 Å². The molecule has 5 rings (SSSR count). The monoisotopic (exact) mass is 427 g/mol. The second kappa shape index (κ2) is 8.86. The third kappa shape index (κ3) is 4.03. The zero-order valence-corrected chi connectivity index (χ0v) is 18.3. The highest BCUT2D eigenvalue weighted by Gasteiger charge is 2.15. The topological polar surface area (TPSA) is 58.5 Å². The van der Waals surface area contributed by atoms with Crippen LogP contribution in [-0.4, -0.2) is 32.2 Å². The summed E-state index contributed by atoms with van der Waals surface area (Å²) in [5, 5.41) is 13.7. The van der Waals surface area contributed by atoms with Gasteiger partial charge in [0.1, 0.15) is 0 Å². The van der Waals surface area contributed by atoms with Gasteiger partial charge in [0, 0.05) is 35.0 Å². The van der Waals surface area contributed by atoms with Crippen molar-refractivity contribution in [2.75, 3.05) is 17.7 Å². The number of hydrogen-bond donors (Lipinski definition) is 2. The van der Waals surface area contributed by atoms with E-state index in [2.05, 4.69) is 100 Å². The maximum atomic E-state index is 4.54. The van der Waals surface area contributed by atoms with Gasteiger partial charge in [0.25, 0.3) is 0 Å². The summed E-state index contributed by atoms with van der Waals surface area (Å²) in [6, 6.07) is 23.3. The van der Waals surface area contributed by atoms with Crippen LogP contribution in [0, 0.1) is 0 Å². The van der Waals surface area contributed by atoms with E-state index in [-0.39, 0.29) is 0 Å². The smallest absolute Gasteiger partial charge is 0.210 e. The SMILES string of the molecule is CCCNn1c(SCCc2c[nH]c3ccccc23)nnc1-c1ccc2ccccc2c1. The molecule has 0 aliphatic rings. The molecule has 2 N–H and O–H groups in total. The number of H-pyrrole nitrogens is 1. The number of aryl methyl sites for hydroxylation is 1. The van der Waals surface area contributed by atoms with Crippen molar-refractivity contribution in [1.29, 1.82) is 0 Å². The predicted octanol–water partition coefficient (Wildman–Crippen LogP) is 5.87. The molecular weight excluding hydrogens is 402 g/mol. The fraction of sp³-hybridized carbons (Fsp3) is 0.200. The molecular formula is C25H25N5S. The summed E-state index contributed by atoms with van der Waals surface area (Å²) < 4.78 is 2.05. The average Bonchev–Trinajstić information content (AvgIpc) is 3.41. The molecule has 0 aliphatic carbocycles. The van der Waals surface area contributed by atoms with Crippen molar-refractivity contribution >= 4 is 33.4 Å². The predicted molar refractivity (Wildman–Crippen MR) is 130 cm³/mol. The number of aromatic nitrogens is 4. The van der Waals surface area contributed by atoms with Gasteiger partial charge in [-0.15, -0.1) is 10.2 Å². The van der Waals surface area contributed by atoms with Crippen LogP contribution in [0.5, 0.6) is 0 Å². The van der Waals surface area contributed by atoms with Crippen molar-refractivity contribution in [2.24, 2.45) is 0 Å². The van der Waals surface area contributed by atoms with Gasteiger partial charge in [0.05, 0.1) is 0 Å². The van der Waals surface area contributed by atoms with E-state index in [9.17, 15) is 0 Å². The van der Waals surface area contributed by atoms with Gasteiger partial charge >= 0.3 is 0 Å². The minimum absolute atomic E-state index is 0.855. The number of nitrogens with one attached hydrogen (secondary N) is 2. The highest BCUT2D eigenvalue weighted by Crippen LogP contribution is 2.27. The molecule has 156 valence electrons. The normalized spacial score (nSPS) is 11.4. The van der Waals surface area contributed by atoms with E-state index < -0.39 is 0 Å². The van der Waals surface area contributed by atoms with E-state index in [0.29, 0.717) is 0 Å². The van der Waals surface area contributed by atoms with Crippen LogP contribution in [0.1, 0.15) is 18.9 Å². The molecule has 0 atom stereocenters.